The second kappa shape index (κ2) is 6.32. The number of hydrogen-bond acceptors (Lipinski definition) is 3. The summed E-state index contributed by atoms with van der Waals surface area (Å²) in [5.41, 5.74) is 1.21. The quantitative estimate of drug-likeness (QED) is 0.807. The fourth-order valence-corrected chi connectivity index (χ4v) is 3.27. The van der Waals surface area contributed by atoms with Crippen LogP contribution in [0.25, 0.3) is 0 Å². The molecular weight excluding hydrogens is 304 g/mol. The number of benzene rings is 1. The standard InChI is InChI=1S/C19H24N2O3/c1-12-10-14-6-4-5-7-15(14)17(12)21-18(22)20-11-19(3,23)16-9-8-13(2)24-16/h4-9,12,17,23H,10-11H2,1-3H3,(H2,20,21,22). The van der Waals surface area contributed by atoms with Crippen molar-refractivity contribution in [1.29, 1.82) is 0 Å². The van der Waals surface area contributed by atoms with E-state index in [2.05, 4.69) is 29.7 Å². The third kappa shape index (κ3) is 3.31. The maximum Gasteiger partial charge on any atom is 0.315 e. The molecule has 1 aliphatic rings. The molecule has 0 saturated heterocycles. The summed E-state index contributed by atoms with van der Waals surface area (Å²) in [6.45, 7) is 5.65. The summed E-state index contributed by atoms with van der Waals surface area (Å²) in [6, 6.07) is 11.4. The van der Waals surface area contributed by atoms with Crippen molar-refractivity contribution >= 4 is 6.03 Å². The van der Waals surface area contributed by atoms with E-state index >= 15 is 0 Å². The lowest BCUT2D eigenvalue weighted by Gasteiger charge is -2.23. The van der Waals surface area contributed by atoms with Crippen molar-refractivity contribution in [2.45, 2.75) is 38.8 Å². The normalized spacial score (nSPS) is 21.8. The Morgan fingerprint density at radius 1 is 1.33 bits per heavy atom. The first-order valence-electron chi connectivity index (χ1n) is 8.28. The number of carbonyl (C=O) groups is 1. The highest BCUT2D eigenvalue weighted by molar-refractivity contribution is 5.74. The molecule has 3 rings (SSSR count). The van der Waals surface area contributed by atoms with Gasteiger partial charge in [-0.1, -0.05) is 31.2 Å². The summed E-state index contributed by atoms with van der Waals surface area (Å²) in [6.07, 6.45) is 0.963. The molecule has 3 unspecified atom stereocenters. The van der Waals surface area contributed by atoms with Gasteiger partial charge in [0.1, 0.15) is 17.1 Å². The number of nitrogens with one attached hydrogen (secondary N) is 2. The Kier molecular flexibility index (Phi) is 4.37. The highest BCUT2D eigenvalue weighted by Gasteiger charge is 2.31. The van der Waals surface area contributed by atoms with Gasteiger partial charge in [0.25, 0.3) is 0 Å². The fraction of sp³-hybridized carbons (Fsp3) is 0.421. The predicted octanol–water partition coefficient (Wildman–Crippen LogP) is 3.03. The first kappa shape index (κ1) is 16.6. The van der Waals surface area contributed by atoms with E-state index in [-0.39, 0.29) is 18.6 Å². The average molecular weight is 328 g/mol. The zero-order chi connectivity index (χ0) is 17.3. The van der Waals surface area contributed by atoms with Crippen molar-refractivity contribution in [1.82, 2.24) is 10.6 Å². The van der Waals surface area contributed by atoms with Gasteiger partial charge >= 0.3 is 6.03 Å². The zero-order valence-corrected chi connectivity index (χ0v) is 14.3. The maximum atomic E-state index is 12.3. The Hall–Kier alpha value is -2.27. The minimum absolute atomic E-state index is 0.00277. The van der Waals surface area contributed by atoms with Crippen LogP contribution < -0.4 is 10.6 Å². The van der Waals surface area contributed by atoms with E-state index in [0.717, 1.165) is 12.2 Å². The van der Waals surface area contributed by atoms with Gasteiger partial charge in [-0.05, 0) is 49.4 Å². The molecule has 0 spiro atoms. The van der Waals surface area contributed by atoms with Crippen LogP contribution in [-0.2, 0) is 12.0 Å². The molecular formula is C19H24N2O3. The lowest BCUT2D eigenvalue weighted by atomic mass is 10.0. The van der Waals surface area contributed by atoms with Gasteiger partial charge in [-0.25, -0.2) is 4.79 Å². The molecule has 1 aromatic heterocycles. The van der Waals surface area contributed by atoms with Crippen LogP contribution >= 0.6 is 0 Å². The summed E-state index contributed by atoms with van der Waals surface area (Å²) in [4.78, 5) is 12.3. The summed E-state index contributed by atoms with van der Waals surface area (Å²) in [5, 5.41) is 16.3. The monoisotopic (exact) mass is 328 g/mol. The largest absolute Gasteiger partial charge is 0.463 e. The number of furan rings is 1. The molecule has 0 saturated carbocycles. The second-order valence-electron chi connectivity index (χ2n) is 6.87. The number of hydrogen-bond donors (Lipinski definition) is 3. The number of carbonyl (C=O) groups excluding carboxylic acids is 1. The van der Waals surface area contributed by atoms with E-state index in [1.54, 1.807) is 19.1 Å². The number of amides is 2. The second-order valence-corrected chi connectivity index (χ2v) is 6.87. The molecule has 5 nitrogen and oxygen atoms in total. The van der Waals surface area contributed by atoms with Crippen LogP contribution in [0.3, 0.4) is 0 Å². The SMILES string of the molecule is Cc1ccc(C(C)(O)CNC(=O)NC2c3ccccc3CC2C)o1. The third-order valence-corrected chi connectivity index (χ3v) is 4.65. The minimum Gasteiger partial charge on any atom is -0.463 e. The van der Waals surface area contributed by atoms with Gasteiger partial charge in [0.2, 0.25) is 0 Å². The van der Waals surface area contributed by atoms with Crippen molar-refractivity contribution in [3.63, 3.8) is 0 Å². The smallest absolute Gasteiger partial charge is 0.315 e. The predicted molar refractivity (Wildman–Crippen MR) is 91.6 cm³/mol. The van der Waals surface area contributed by atoms with Crippen LogP contribution in [-0.4, -0.2) is 17.7 Å². The Morgan fingerprint density at radius 3 is 2.79 bits per heavy atom. The van der Waals surface area contributed by atoms with Crippen molar-refractivity contribution in [3.05, 3.63) is 59.0 Å². The average Bonchev–Trinajstić information content (AvgIpc) is 3.10. The van der Waals surface area contributed by atoms with Gasteiger partial charge in [0.15, 0.2) is 0 Å². The van der Waals surface area contributed by atoms with Gasteiger partial charge < -0.3 is 20.2 Å². The van der Waals surface area contributed by atoms with E-state index < -0.39 is 5.60 Å². The lowest BCUT2D eigenvalue weighted by molar-refractivity contribution is 0.0358. The van der Waals surface area contributed by atoms with Crippen molar-refractivity contribution in [2.75, 3.05) is 6.54 Å². The molecule has 1 aromatic carbocycles. The molecule has 24 heavy (non-hydrogen) atoms. The maximum absolute atomic E-state index is 12.3. The molecule has 5 heteroatoms. The highest BCUT2D eigenvalue weighted by Crippen LogP contribution is 2.35. The van der Waals surface area contributed by atoms with E-state index in [9.17, 15) is 9.90 Å². The van der Waals surface area contributed by atoms with Crippen molar-refractivity contribution in [2.24, 2.45) is 5.92 Å². The molecule has 3 N–H and O–H groups in total. The summed E-state index contributed by atoms with van der Waals surface area (Å²) in [7, 11) is 0. The molecule has 1 aliphatic carbocycles. The van der Waals surface area contributed by atoms with E-state index in [1.807, 2.05) is 19.1 Å². The van der Waals surface area contributed by atoms with Crippen LogP contribution in [0.5, 0.6) is 0 Å². The van der Waals surface area contributed by atoms with Crippen LogP contribution in [0.1, 0.15) is 42.5 Å². The molecule has 0 bridgehead atoms. The van der Waals surface area contributed by atoms with Gasteiger partial charge in [-0.3, -0.25) is 0 Å². The summed E-state index contributed by atoms with van der Waals surface area (Å²) < 4.78 is 5.46. The molecule has 0 fully saturated rings. The van der Waals surface area contributed by atoms with E-state index in [4.69, 9.17) is 4.42 Å². The van der Waals surface area contributed by atoms with Gasteiger partial charge in [-0.2, -0.15) is 0 Å². The Morgan fingerprint density at radius 2 is 2.08 bits per heavy atom. The topological polar surface area (TPSA) is 74.5 Å². The van der Waals surface area contributed by atoms with E-state index in [0.29, 0.717) is 11.7 Å². The minimum atomic E-state index is -1.25. The Labute approximate surface area is 142 Å². The van der Waals surface area contributed by atoms with Gasteiger partial charge in [-0.15, -0.1) is 0 Å². The zero-order valence-electron chi connectivity index (χ0n) is 14.3. The lowest BCUT2D eigenvalue weighted by Crippen LogP contribution is -2.45. The van der Waals surface area contributed by atoms with Gasteiger partial charge in [0, 0.05) is 0 Å². The molecule has 0 radical (unpaired) electrons. The third-order valence-electron chi connectivity index (χ3n) is 4.65. The number of aliphatic hydroxyl groups is 1. The first-order chi connectivity index (χ1) is 11.4. The molecule has 3 atom stereocenters. The summed E-state index contributed by atoms with van der Waals surface area (Å²) in [5.74, 6) is 1.52. The molecule has 128 valence electrons. The molecule has 2 amide bonds. The Bertz CT molecular complexity index is 736. The number of aryl methyl sites for hydroxylation is 1. The molecule has 1 heterocycles. The number of fused-ring (bicyclic) bond motifs is 1. The van der Waals surface area contributed by atoms with Crippen LogP contribution in [0, 0.1) is 12.8 Å². The number of rotatable bonds is 4. The van der Waals surface area contributed by atoms with Crippen LogP contribution in [0.15, 0.2) is 40.8 Å². The van der Waals surface area contributed by atoms with Crippen molar-refractivity contribution < 1.29 is 14.3 Å². The van der Waals surface area contributed by atoms with Crippen LogP contribution in [0.4, 0.5) is 4.79 Å². The molecule has 0 aliphatic heterocycles. The number of urea groups is 1. The highest BCUT2D eigenvalue weighted by atomic mass is 16.4. The van der Waals surface area contributed by atoms with E-state index in [1.165, 1.54) is 11.1 Å². The first-order valence-corrected chi connectivity index (χ1v) is 8.28. The summed E-state index contributed by atoms with van der Waals surface area (Å²) >= 11 is 0. The van der Waals surface area contributed by atoms with Crippen molar-refractivity contribution in [3.8, 4) is 0 Å². The molecule has 2 aromatic rings. The Balaban J connectivity index is 1.60. The fourth-order valence-electron chi connectivity index (χ4n) is 3.27. The van der Waals surface area contributed by atoms with Crippen LogP contribution in [0.2, 0.25) is 0 Å². The van der Waals surface area contributed by atoms with Gasteiger partial charge in [0.05, 0.1) is 12.6 Å².